The number of ether oxygens (including phenoxy) is 1. The van der Waals surface area contributed by atoms with Crippen molar-refractivity contribution in [1.29, 1.82) is 0 Å². The summed E-state index contributed by atoms with van der Waals surface area (Å²) in [5.74, 6) is -3.69. The van der Waals surface area contributed by atoms with E-state index < -0.39 is 36.2 Å². The molecule has 0 aromatic carbocycles. The zero-order valence-electron chi connectivity index (χ0n) is 17.5. The first kappa shape index (κ1) is 22.6. The van der Waals surface area contributed by atoms with Crippen LogP contribution >= 0.6 is 0 Å². The topological polar surface area (TPSA) is 101 Å². The SMILES string of the molecule is C=C1CCC2C(C)(C)CCCC2(C)C1COC(C(=O)O)C(CC(=O)O)C(C)=O. The summed E-state index contributed by atoms with van der Waals surface area (Å²) in [4.78, 5) is 34.7. The lowest BCUT2D eigenvalue weighted by atomic mass is 9.48. The minimum Gasteiger partial charge on any atom is -0.481 e. The monoisotopic (exact) mass is 394 g/mol. The molecule has 2 fully saturated rings. The fraction of sp³-hybridized carbons (Fsp3) is 0.773. The molecule has 0 amide bonds. The van der Waals surface area contributed by atoms with Gasteiger partial charge in [-0.3, -0.25) is 9.59 Å². The van der Waals surface area contributed by atoms with Gasteiger partial charge < -0.3 is 14.9 Å². The Balaban J connectivity index is 2.23. The van der Waals surface area contributed by atoms with Gasteiger partial charge in [-0.1, -0.05) is 39.3 Å². The van der Waals surface area contributed by atoms with Crippen molar-refractivity contribution in [3.05, 3.63) is 12.2 Å². The minimum atomic E-state index is -1.46. The third kappa shape index (κ3) is 4.48. The second kappa shape index (κ2) is 8.36. The number of Topliss-reactive ketones (excluding diaryl/α,β-unsaturated/α-hetero) is 1. The van der Waals surface area contributed by atoms with Gasteiger partial charge in [-0.15, -0.1) is 0 Å². The Bertz CT molecular complexity index is 651. The molecule has 6 nitrogen and oxygen atoms in total. The zero-order chi connectivity index (χ0) is 21.3. The van der Waals surface area contributed by atoms with Crippen LogP contribution in [0.4, 0.5) is 0 Å². The molecule has 5 unspecified atom stereocenters. The van der Waals surface area contributed by atoms with Gasteiger partial charge in [0.15, 0.2) is 6.10 Å². The predicted octanol–water partition coefficient (Wildman–Crippen LogP) is 3.93. The molecule has 158 valence electrons. The summed E-state index contributed by atoms with van der Waals surface area (Å²) < 4.78 is 5.78. The maximum absolute atomic E-state index is 11.9. The summed E-state index contributed by atoms with van der Waals surface area (Å²) in [6, 6.07) is 0. The largest absolute Gasteiger partial charge is 0.481 e. The summed E-state index contributed by atoms with van der Waals surface area (Å²) in [6.45, 7) is 12.5. The quantitative estimate of drug-likeness (QED) is 0.605. The normalized spacial score (nSPS) is 31.5. The zero-order valence-corrected chi connectivity index (χ0v) is 17.5. The van der Waals surface area contributed by atoms with E-state index >= 15 is 0 Å². The molecule has 2 rings (SSSR count). The van der Waals surface area contributed by atoms with Crippen LogP contribution < -0.4 is 0 Å². The maximum Gasteiger partial charge on any atom is 0.333 e. The van der Waals surface area contributed by atoms with Gasteiger partial charge in [0.1, 0.15) is 5.78 Å². The first-order valence-corrected chi connectivity index (χ1v) is 10.1. The van der Waals surface area contributed by atoms with E-state index in [4.69, 9.17) is 9.84 Å². The second-order valence-electron chi connectivity index (χ2n) is 9.56. The van der Waals surface area contributed by atoms with E-state index in [1.165, 1.54) is 13.3 Å². The van der Waals surface area contributed by atoms with Gasteiger partial charge in [0, 0.05) is 5.92 Å². The van der Waals surface area contributed by atoms with E-state index in [2.05, 4.69) is 27.4 Å². The number of carboxylic acid groups (broad SMARTS) is 2. The van der Waals surface area contributed by atoms with Crippen molar-refractivity contribution in [3.8, 4) is 0 Å². The smallest absolute Gasteiger partial charge is 0.333 e. The Hall–Kier alpha value is -1.69. The number of hydrogen-bond donors (Lipinski definition) is 2. The lowest BCUT2D eigenvalue weighted by molar-refractivity contribution is -0.164. The van der Waals surface area contributed by atoms with Crippen molar-refractivity contribution in [2.75, 3.05) is 6.61 Å². The van der Waals surface area contributed by atoms with Crippen LogP contribution in [-0.2, 0) is 19.1 Å². The summed E-state index contributed by atoms with van der Waals surface area (Å²) in [5.41, 5.74) is 1.25. The number of rotatable bonds is 8. The number of carboxylic acids is 2. The number of hydrogen-bond acceptors (Lipinski definition) is 4. The Kier molecular flexibility index (Phi) is 6.74. The highest BCUT2D eigenvalue weighted by Gasteiger charge is 2.53. The Labute approximate surface area is 167 Å². The molecule has 6 heteroatoms. The molecule has 0 heterocycles. The van der Waals surface area contributed by atoms with Gasteiger partial charge >= 0.3 is 11.9 Å². The van der Waals surface area contributed by atoms with Crippen molar-refractivity contribution in [3.63, 3.8) is 0 Å². The third-order valence-corrected chi connectivity index (χ3v) is 7.29. The fourth-order valence-corrected chi connectivity index (χ4v) is 5.79. The summed E-state index contributed by atoms with van der Waals surface area (Å²) in [7, 11) is 0. The molecule has 2 saturated carbocycles. The van der Waals surface area contributed by atoms with E-state index in [9.17, 15) is 19.5 Å². The molecule has 0 spiro atoms. The highest BCUT2D eigenvalue weighted by Crippen LogP contribution is 2.60. The number of carbonyl (C=O) groups excluding carboxylic acids is 1. The van der Waals surface area contributed by atoms with Crippen LogP contribution in [0.3, 0.4) is 0 Å². The van der Waals surface area contributed by atoms with Crippen LogP contribution in [-0.4, -0.2) is 40.6 Å². The molecule has 2 aliphatic rings. The highest BCUT2D eigenvalue weighted by atomic mass is 16.5. The number of fused-ring (bicyclic) bond motifs is 1. The van der Waals surface area contributed by atoms with E-state index in [1.807, 2.05) is 0 Å². The van der Waals surface area contributed by atoms with Crippen molar-refractivity contribution in [2.45, 2.75) is 72.3 Å². The molecule has 0 saturated heterocycles. The number of carbonyl (C=O) groups is 3. The van der Waals surface area contributed by atoms with Crippen LogP contribution in [0.25, 0.3) is 0 Å². The summed E-state index contributed by atoms with van der Waals surface area (Å²) in [5, 5.41) is 18.6. The first-order chi connectivity index (χ1) is 12.9. The Morgan fingerprint density at radius 3 is 2.39 bits per heavy atom. The third-order valence-electron chi connectivity index (χ3n) is 7.29. The van der Waals surface area contributed by atoms with Crippen LogP contribution in [0.2, 0.25) is 0 Å². The minimum absolute atomic E-state index is 0.00473. The van der Waals surface area contributed by atoms with Gasteiger partial charge in [-0.2, -0.15) is 0 Å². The molecule has 0 aliphatic heterocycles. The summed E-state index contributed by atoms with van der Waals surface area (Å²) >= 11 is 0. The van der Waals surface area contributed by atoms with Crippen molar-refractivity contribution in [1.82, 2.24) is 0 Å². The molecule has 0 radical (unpaired) electrons. The fourth-order valence-electron chi connectivity index (χ4n) is 5.79. The summed E-state index contributed by atoms with van der Waals surface area (Å²) in [6.07, 6.45) is 3.29. The average Bonchev–Trinajstić information content (AvgIpc) is 2.54. The van der Waals surface area contributed by atoms with Gasteiger partial charge in [-0.05, 0) is 49.4 Å². The van der Waals surface area contributed by atoms with Gasteiger partial charge in [0.05, 0.1) is 18.9 Å². The Morgan fingerprint density at radius 2 is 1.86 bits per heavy atom. The van der Waals surface area contributed by atoms with Gasteiger partial charge in [0.25, 0.3) is 0 Å². The molecule has 28 heavy (non-hydrogen) atoms. The lowest BCUT2D eigenvalue weighted by Crippen LogP contribution is -2.51. The number of ketones is 1. The predicted molar refractivity (Wildman–Crippen MR) is 105 cm³/mol. The van der Waals surface area contributed by atoms with Crippen LogP contribution in [0.5, 0.6) is 0 Å². The van der Waals surface area contributed by atoms with Crippen molar-refractivity contribution >= 4 is 17.7 Å². The molecule has 0 aromatic rings. The number of aliphatic carboxylic acids is 2. The van der Waals surface area contributed by atoms with Gasteiger partial charge in [-0.25, -0.2) is 4.79 Å². The molecular weight excluding hydrogens is 360 g/mol. The van der Waals surface area contributed by atoms with E-state index in [0.717, 1.165) is 31.3 Å². The standard InChI is InChI=1S/C22H34O6/c1-13-7-8-17-21(3,4)9-6-10-22(17,5)16(13)12-28-19(20(26)27)15(14(2)23)11-18(24)25/h15-17,19H,1,6-12H2,2-5H3,(H,24,25)(H,26,27). The molecule has 0 aromatic heterocycles. The van der Waals surface area contributed by atoms with E-state index in [-0.39, 0.29) is 23.4 Å². The Morgan fingerprint density at radius 1 is 1.21 bits per heavy atom. The highest BCUT2D eigenvalue weighted by molar-refractivity contribution is 5.88. The van der Waals surface area contributed by atoms with Crippen LogP contribution in [0, 0.1) is 28.6 Å². The molecule has 2 N–H and O–H groups in total. The molecule has 0 bridgehead atoms. The van der Waals surface area contributed by atoms with Crippen LogP contribution in [0.15, 0.2) is 12.2 Å². The molecular formula is C22H34O6. The molecule has 5 atom stereocenters. The lowest BCUT2D eigenvalue weighted by Gasteiger charge is -2.58. The van der Waals surface area contributed by atoms with Crippen molar-refractivity contribution in [2.24, 2.45) is 28.6 Å². The average molecular weight is 395 g/mol. The van der Waals surface area contributed by atoms with Crippen LogP contribution in [0.1, 0.15) is 66.2 Å². The molecule has 2 aliphatic carbocycles. The van der Waals surface area contributed by atoms with E-state index in [0.29, 0.717) is 5.92 Å². The second-order valence-corrected chi connectivity index (χ2v) is 9.56. The van der Waals surface area contributed by atoms with Gasteiger partial charge in [0.2, 0.25) is 0 Å². The first-order valence-electron chi connectivity index (χ1n) is 10.1. The van der Waals surface area contributed by atoms with E-state index in [1.54, 1.807) is 0 Å². The maximum atomic E-state index is 11.9. The van der Waals surface area contributed by atoms with Crippen molar-refractivity contribution < 1.29 is 29.3 Å².